The first-order valence-electron chi connectivity index (χ1n) is 13.9. The van der Waals surface area contributed by atoms with Gasteiger partial charge in [-0.2, -0.15) is 11.8 Å². The first-order valence-corrected chi connectivity index (χ1v) is 15.4. The van der Waals surface area contributed by atoms with E-state index in [2.05, 4.69) is 10.6 Å². The smallest absolute Gasteiger partial charge is 0.340 e. The molecule has 3 aromatic rings. The van der Waals surface area contributed by atoms with Crippen molar-refractivity contribution < 1.29 is 28.6 Å². The molecule has 1 atom stereocenters. The minimum atomic E-state index is -1.04. The lowest BCUT2D eigenvalue weighted by molar-refractivity contribution is -0.142. The van der Waals surface area contributed by atoms with Gasteiger partial charge in [0, 0.05) is 35.4 Å². The number of thioether (sulfide) groups is 1. The largest absolute Gasteiger partial charge is 0.495 e. The Morgan fingerprint density at radius 1 is 1.14 bits per heavy atom. The summed E-state index contributed by atoms with van der Waals surface area (Å²) in [5.74, 6) is -0.283. The van der Waals surface area contributed by atoms with Crippen LogP contribution >= 0.6 is 23.4 Å². The number of carbonyl (C=O) groups excluding carboxylic acids is 2. The molecular weight excluding hydrogens is 580 g/mol. The van der Waals surface area contributed by atoms with Gasteiger partial charge in [0.25, 0.3) is 0 Å². The SMILES string of the molecule is COc1cc2oc(=O)c(CC(=O)NCC3CCC(C(=O)N[C@@H](CSCc4ccccc4)C(=O)O)CC3)c(C)c2cc1Cl. The van der Waals surface area contributed by atoms with Gasteiger partial charge >= 0.3 is 11.6 Å². The zero-order valence-electron chi connectivity index (χ0n) is 23.6. The maximum atomic E-state index is 12.8. The molecule has 3 N–H and O–H groups in total. The summed E-state index contributed by atoms with van der Waals surface area (Å²) in [4.78, 5) is 49.9. The Morgan fingerprint density at radius 3 is 2.52 bits per heavy atom. The van der Waals surface area contributed by atoms with Gasteiger partial charge in [0.15, 0.2) is 0 Å². The lowest BCUT2D eigenvalue weighted by Crippen LogP contribution is -2.46. The minimum Gasteiger partial charge on any atom is -0.495 e. The molecule has 1 saturated carbocycles. The maximum absolute atomic E-state index is 12.8. The van der Waals surface area contributed by atoms with Crippen LogP contribution in [-0.4, -0.2) is 48.3 Å². The summed E-state index contributed by atoms with van der Waals surface area (Å²) >= 11 is 7.72. The fourth-order valence-electron chi connectivity index (χ4n) is 5.19. The summed E-state index contributed by atoms with van der Waals surface area (Å²) in [5.41, 5.74) is 1.76. The Bertz CT molecular complexity index is 1490. The highest BCUT2D eigenvalue weighted by Crippen LogP contribution is 2.32. The number of ether oxygens (including phenoxy) is 1. The van der Waals surface area contributed by atoms with Crippen molar-refractivity contribution in [2.45, 2.75) is 50.8 Å². The molecule has 11 heteroatoms. The maximum Gasteiger partial charge on any atom is 0.340 e. The molecule has 0 aliphatic heterocycles. The zero-order chi connectivity index (χ0) is 30.2. The van der Waals surface area contributed by atoms with Crippen LogP contribution in [0.4, 0.5) is 0 Å². The van der Waals surface area contributed by atoms with Crippen LogP contribution in [0.25, 0.3) is 11.0 Å². The minimum absolute atomic E-state index is 0.121. The van der Waals surface area contributed by atoms with Gasteiger partial charge in [0.2, 0.25) is 11.8 Å². The number of carboxylic acid groups (broad SMARTS) is 1. The van der Waals surface area contributed by atoms with E-state index in [4.69, 9.17) is 20.8 Å². The Kier molecular flexibility index (Phi) is 10.9. The summed E-state index contributed by atoms with van der Waals surface area (Å²) in [6.45, 7) is 2.19. The molecule has 0 unspecified atom stereocenters. The van der Waals surface area contributed by atoms with Crippen LogP contribution < -0.4 is 21.0 Å². The highest BCUT2D eigenvalue weighted by atomic mass is 35.5. The van der Waals surface area contributed by atoms with Gasteiger partial charge in [0.1, 0.15) is 17.4 Å². The third-order valence-electron chi connectivity index (χ3n) is 7.71. The Morgan fingerprint density at radius 2 is 1.86 bits per heavy atom. The molecule has 0 saturated heterocycles. The Labute approximate surface area is 253 Å². The number of rotatable bonds is 12. The number of hydrogen-bond acceptors (Lipinski definition) is 7. The molecule has 9 nitrogen and oxygen atoms in total. The van der Waals surface area contributed by atoms with Crippen LogP contribution in [0, 0.1) is 18.8 Å². The highest BCUT2D eigenvalue weighted by Gasteiger charge is 2.29. The molecule has 1 heterocycles. The van der Waals surface area contributed by atoms with E-state index in [0.717, 1.165) is 18.4 Å². The van der Waals surface area contributed by atoms with E-state index in [1.54, 1.807) is 19.1 Å². The molecule has 4 rings (SSSR count). The molecule has 2 amide bonds. The van der Waals surface area contributed by atoms with Crippen LogP contribution in [0.2, 0.25) is 5.02 Å². The highest BCUT2D eigenvalue weighted by molar-refractivity contribution is 7.98. The van der Waals surface area contributed by atoms with Gasteiger partial charge in [-0.15, -0.1) is 0 Å². The molecule has 0 spiro atoms. The number of halogens is 1. The topological polar surface area (TPSA) is 135 Å². The molecule has 0 bridgehead atoms. The molecule has 2 aromatic carbocycles. The van der Waals surface area contributed by atoms with Gasteiger partial charge in [-0.05, 0) is 55.7 Å². The number of carboxylic acids is 1. The van der Waals surface area contributed by atoms with Crippen molar-refractivity contribution in [3.63, 3.8) is 0 Å². The van der Waals surface area contributed by atoms with E-state index >= 15 is 0 Å². The predicted octanol–water partition coefficient (Wildman–Crippen LogP) is 4.73. The lowest BCUT2D eigenvalue weighted by atomic mass is 9.81. The van der Waals surface area contributed by atoms with E-state index in [-0.39, 0.29) is 41.4 Å². The Balaban J connectivity index is 1.23. The van der Waals surface area contributed by atoms with E-state index in [9.17, 15) is 24.3 Å². The number of aryl methyl sites for hydroxylation is 1. The molecule has 1 aromatic heterocycles. The molecule has 42 heavy (non-hydrogen) atoms. The number of aliphatic carboxylic acids is 1. The third-order valence-corrected chi connectivity index (χ3v) is 9.12. The van der Waals surface area contributed by atoms with Crippen molar-refractivity contribution in [1.29, 1.82) is 0 Å². The second-order valence-corrected chi connectivity index (χ2v) is 12.0. The standard InChI is InChI=1S/C31H35ClN2O7S/c1-18-22-12-24(32)27(40-2)14-26(22)41-31(39)23(18)13-28(35)33-15-19-8-10-21(11-9-19)29(36)34-25(30(37)38)17-42-16-20-6-4-3-5-7-20/h3-7,12,14,19,21,25H,8-11,13,15-17H2,1-2H3,(H,33,35)(H,34,36)(H,37,38)/t19?,21?,25-/m0/s1. The molecule has 1 aliphatic carbocycles. The van der Waals surface area contributed by atoms with Crippen LogP contribution in [0.5, 0.6) is 5.75 Å². The second kappa shape index (κ2) is 14.6. The molecular formula is C31H35ClN2O7S. The van der Waals surface area contributed by atoms with Crippen molar-refractivity contribution in [2.24, 2.45) is 11.8 Å². The molecule has 0 radical (unpaired) electrons. The van der Waals surface area contributed by atoms with Gasteiger partial charge in [-0.25, -0.2) is 9.59 Å². The van der Waals surface area contributed by atoms with Crippen molar-refractivity contribution in [3.8, 4) is 5.75 Å². The average Bonchev–Trinajstić information content (AvgIpc) is 2.98. The number of fused-ring (bicyclic) bond motifs is 1. The van der Waals surface area contributed by atoms with Crippen LogP contribution in [0.3, 0.4) is 0 Å². The predicted molar refractivity (Wildman–Crippen MR) is 163 cm³/mol. The van der Waals surface area contributed by atoms with Crippen LogP contribution in [0.15, 0.2) is 51.7 Å². The fourth-order valence-corrected chi connectivity index (χ4v) is 6.44. The first-order chi connectivity index (χ1) is 20.2. The van der Waals surface area contributed by atoms with Crippen molar-refractivity contribution in [3.05, 3.63) is 74.6 Å². The van der Waals surface area contributed by atoms with Gasteiger partial charge in [0.05, 0.1) is 24.1 Å². The zero-order valence-corrected chi connectivity index (χ0v) is 25.2. The number of carbonyl (C=O) groups is 3. The van der Waals surface area contributed by atoms with Crippen molar-refractivity contribution >= 4 is 52.1 Å². The lowest BCUT2D eigenvalue weighted by Gasteiger charge is -2.28. The molecule has 224 valence electrons. The van der Waals surface area contributed by atoms with Gasteiger partial charge < -0.3 is 24.9 Å². The average molecular weight is 615 g/mol. The van der Waals surface area contributed by atoms with Crippen LogP contribution in [0.1, 0.15) is 42.4 Å². The van der Waals surface area contributed by atoms with E-state index < -0.39 is 17.6 Å². The quantitative estimate of drug-likeness (QED) is 0.249. The summed E-state index contributed by atoms with van der Waals surface area (Å²) in [5, 5.41) is 16.2. The molecule has 1 aliphatic rings. The second-order valence-electron chi connectivity index (χ2n) is 10.6. The first kappa shape index (κ1) is 31.4. The number of hydrogen-bond donors (Lipinski definition) is 3. The van der Waals surface area contributed by atoms with E-state index in [1.165, 1.54) is 18.9 Å². The summed E-state index contributed by atoms with van der Waals surface area (Å²) in [6.07, 6.45) is 2.58. The van der Waals surface area contributed by atoms with Gasteiger partial charge in [-0.3, -0.25) is 9.59 Å². The van der Waals surface area contributed by atoms with Crippen LogP contribution in [-0.2, 0) is 26.6 Å². The Hall–Kier alpha value is -3.50. The number of amides is 2. The van der Waals surface area contributed by atoms with Gasteiger partial charge in [-0.1, -0.05) is 41.9 Å². The summed E-state index contributed by atoms with van der Waals surface area (Å²) in [7, 11) is 1.47. The third kappa shape index (κ3) is 8.07. The summed E-state index contributed by atoms with van der Waals surface area (Å²) in [6, 6.07) is 12.0. The summed E-state index contributed by atoms with van der Waals surface area (Å²) < 4.78 is 10.6. The number of nitrogens with one attached hydrogen (secondary N) is 2. The van der Waals surface area contributed by atoms with Crippen molar-refractivity contribution in [1.82, 2.24) is 10.6 Å². The fraction of sp³-hybridized carbons (Fsp3) is 0.419. The van der Waals surface area contributed by atoms with E-state index in [1.807, 2.05) is 30.3 Å². The van der Waals surface area contributed by atoms with Crippen molar-refractivity contribution in [2.75, 3.05) is 19.4 Å². The number of benzene rings is 2. The monoisotopic (exact) mass is 614 g/mol. The number of methoxy groups -OCH3 is 1. The molecule has 1 fully saturated rings. The normalized spacial score (nSPS) is 17.4. The van der Waals surface area contributed by atoms with E-state index in [0.29, 0.717) is 52.4 Å².